The molecule has 2 rings (SSSR count). The summed E-state index contributed by atoms with van der Waals surface area (Å²) in [5.74, 6) is -0.361. The molecule has 0 saturated carbocycles. The molecule has 0 fully saturated rings. The van der Waals surface area contributed by atoms with Crippen LogP contribution in [0.4, 0.5) is 4.39 Å². The Morgan fingerprint density at radius 3 is 2.69 bits per heavy atom. The fourth-order valence-corrected chi connectivity index (χ4v) is 3.93. The van der Waals surface area contributed by atoms with Gasteiger partial charge in [-0.3, -0.25) is 4.68 Å². The number of allylic oxidation sites excluding steroid dienone is 1. The largest absolute Gasteiger partial charge is 0.327 e. The quantitative estimate of drug-likeness (QED) is 0.748. The van der Waals surface area contributed by atoms with Gasteiger partial charge in [0.25, 0.3) is 0 Å². The minimum Gasteiger partial charge on any atom is -0.327 e. The summed E-state index contributed by atoms with van der Waals surface area (Å²) < 4.78 is 29.0. The second kappa shape index (κ2) is 9.10. The summed E-state index contributed by atoms with van der Waals surface area (Å²) in [6.07, 6.45) is 1.79. The van der Waals surface area contributed by atoms with Crippen LogP contribution in [0, 0.1) is 6.92 Å². The van der Waals surface area contributed by atoms with Crippen molar-refractivity contribution < 1.29 is 8.60 Å². The van der Waals surface area contributed by atoms with Crippen molar-refractivity contribution in [1.29, 1.82) is 0 Å². The van der Waals surface area contributed by atoms with Crippen LogP contribution in [0.5, 0.6) is 0 Å². The van der Waals surface area contributed by atoms with E-state index in [1.807, 2.05) is 13.0 Å². The van der Waals surface area contributed by atoms with Gasteiger partial charge in [-0.1, -0.05) is 29.3 Å². The summed E-state index contributed by atoms with van der Waals surface area (Å²) in [6.45, 7) is 1.96. The van der Waals surface area contributed by atoms with Crippen molar-refractivity contribution in [3.63, 3.8) is 0 Å². The standard InChI is InChI=1S/C17H21Cl2FN4OS/c1-11-14(17(19)22-24(11)10-13(20)6-7-21)8-12-4-5-16(15(18)9-12)26(25)23(2)3/h4-6,9H,7-8,10,21H2,1-3H3/b13-6-. The zero-order valence-electron chi connectivity index (χ0n) is 14.8. The lowest BCUT2D eigenvalue weighted by Gasteiger charge is -2.12. The van der Waals surface area contributed by atoms with Crippen molar-refractivity contribution in [2.24, 2.45) is 5.73 Å². The number of nitrogens with two attached hydrogens (primary N) is 1. The van der Waals surface area contributed by atoms with Crippen LogP contribution >= 0.6 is 23.2 Å². The second-order valence-electron chi connectivity index (χ2n) is 5.90. The molecule has 0 amide bonds. The molecular weight excluding hydrogens is 398 g/mol. The maximum absolute atomic E-state index is 13.7. The number of halogens is 3. The first kappa shape index (κ1) is 21.1. The van der Waals surface area contributed by atoms with Crippen molar-refractivity contribution in [1.82, 2.24) is 14.1 Å². The molecule has 1 heterocycles. The van der Waals surface area contributed by atoms with Crippen LogP contribution in [0.15, 0.2) is 35.0 Å². The SMILES string of the molecule is Cc1c(Cc2ccc(S(=O)N(C)C)c(Cl)c2)c(Cl)nn1C/C(F)=C/CN. The summed E-state index contributed by atoms with van der Waals surface area (Å²) in [7, 11) is 2.12. The molecule has 1 aromatic heterocycles. The number of hydrogen-bond donors (Lipinski definition) is 1. The van der Waals surface area contributed by atoms with Gasteiger partial charge in [0.15, 0.2) is 5.15 Å². The third kappa shape index (κ3) is 4.92. The molecule has 0 bridgehead atoms. The van der Waals surface area contributed by atoms with E-state index in [0.717, 1.165) is 16.8 Å². The third-order valence-electron chi connectivity index (χ3n) is 3.82. The van der Waals surface area contributed by atoms with Crippen LogP contribution in [0.1, 0.15) is 16.8 Å². The van der Waals surface area contributed by atoms with Gasteiger partial charge in [0.05, 0.1) is 16.5 Å². The van der Waals surface area contributed by atoms with Gasteiger partial charge in [0, 0.05) is 24.2 Å². The van der Waals surface area contributed by atoms with Gasteiger partial charge in [0.1, 0.15) is 16.8 Å². The molecule has 2 aromatic rings. The molecule has 0 saturated heterocycles. The molecule has 1 atom stereocenters. The zero-order valence-corrected chi connectivity index (χ0v) is 17.1. The topological polar surface area (TPSA) is 64.2 Å². The fourth-order valence-electron chi connectivity index (χ4n) is 2.43. The molecule has 2 N–H and O–H groups in total. The lowest BCUT2D eigenvalue weighted by Crippen LogP contribution is -2.15. The van der Waals surface area contributed by atoms with Gasteiger partial charge in [-0.2, -0.15) is 5.10 Å². The maximum Gasteiger partial charge on any atom is 0.154 e. The highest BCUT2D eigenvalue weighted by molar-refractivity contribution is 7.82. The minimum absolute atomic E-state index is 0.00966. The molecule has 5 nitrogen and oxygen atoms in total. The fraction of sp³-hybridized carbons (Fsp3) is 0.353. The van der Waals surface area contributed by atoms with E-state index in [9.17, 15) is 8.60 Å². The smallest absolute Gasteiger partial charge is 0.154 e. The monoisotopic (exact) mass is 418 g/mol. The predicted octanol–water partition coefficient (Wildman–Crippen LogP) is 3.49. The van der Waals surface area contributed by atoms with Crippen LogP contribution in [-0.4, -0.2) is 38.9 Å². The van der Waals surface area contributed by atoms with Crippen LogP contribution in [0.2, 0.25) is 10.2 Å². The molecule has 26 heavy (non-hydrogen) atoms. The second-order valence-corrected chi connectivity index (χ2v) is 8.34. The van der Waals surface area contributed by atoms with Crippen molar-refractivity contribution >= 4 is 34.2 Å². The number of benzene rings is 1. The average molecular weight is 419 g/mol. The lowest BCUT2D eigenvalue weighted by atomic mass is 10.1. The van der Waals surface area contributed by atoms with Crippen molar-refractivity contribution in [3.8, 4) is 0 Å². The first-order valence-corrected chi connectivity index (χ1v) is 9.74. The Morgan fingerprint density at radius 2 is 2.12 bits per heavy atom. The number of nitrogens with zero attached hydrogens (tertiary/aromatic N) is 3. The number of aromatic nitrogens is 2. The minimum atomic E-state index is -1.31. The number of rotatable bonds is 7. The van der Waals surface area contributed by atoms with Crippen LogP contribution < -0.4 is 5.73 Å². The molecular formula is C17H21Cl2FN4OS. The highest BCUT2D eigenvalue weighted by Gasteiger charge is 2.16. The first-order valence-electron chi connectivity index (χ1n) is 7.88. The summed E-state index contributed by atoms with van der Waals surface area (Å²) >= 11 is 12.5. The Morgan fingerprint density at radius 1 is 1.42 bits per heavy atom. The van der Waals surface area contributed by atoms with E-state index in [0.29, 0.717) is 21.5 Å². The van der Waals surface area contributed by atoms with Gasteiger partial charge in [-0.15, -0.1) is 0 Å². The van der Waals surface area contributed by atoms with Crippen molar-refractivity contribution in [3.05, 3.63) is 57.1 Å². The average Bonchev–Trinajstić information content (AvgIpc) is 2.82. The number of hydrogen-bond acceptors (Lipinski definition) is 3. The van der Waals surface area contributed by atoms with Gasteiger partial charge in [-0.05, 0) is 44.8 Å². The van der Waals surface area contributed by atoms with E-state index in [1.54, 1.807) is 30.5 Å². The summed E-state index contributed by atoms with van der Waals surface area (Å²) in [5.41, 5.74) is 7.78. The first-order chi connectivity index (χ1) is 12.2. The molecule has 0 radical (unpaired) electrons. The molecule has 0 aliphatic heterocycles. The Bertz CT molecular complexity index is 852. The van der Waals surface area contributed by atoms with E-state index >= 15 is 0 Å². The van der Waals surface area contributed by atoms with E-state index < -0.39 is 11.0 Å². The van der Waals surface area contributed by atoms with E-state index in [2.05, 4.69) is 5.10 Å². The van der Waals surface area contributed by atoms with Gasteiger partial charge >= 0.3 is 0 Å². The Hall–Kier alpha value is -1.25. The lowest BCUT2D eigenvalue weighted by molar-refractivity contribution is 0.518. The molecule has 0 aliphatic carbocycles. The molecule has 1 unspecified atom stereocenters. The van der Waals surface area contributed by atoms with E-state index in [-0.39, 0.29) is 18.9 Å². The summed E-state index contributed by atoms with van der Waals surface area (Å²) in [6, 6.07) is 5.36. The van der Waals surface area contributed by atoms with Gasteiger partial charge in [-0.25, -0.2) is 12.9 Å². The van der Waals surface area contributed by atoms with Crippen LogP contribution in [0.3, 0.4) is 0 Å². The predicted molar refractivity (Wildman–Crippen MR) is 105 cm³/mol. The maximum atomic E-state index is 13.7. The molecule has 0 aliphatic rings. The Balaban J connectivity index is 2.26. The van der Waals surface area contributed by atoms with E-state index in [1.165, 1.54) is 10.8 Å². The van der Waals surface area contributed by atoms with Gasteiger partial charge < -0.3 is 5.73 Å². The van der Waals surface area contributed by atoms with Crippen molar-refractivity contribution in [2.45, 2.75) is 24.8 Å². The van der Waals surface area contributed by atoms with Crippen LogP contribution in [0.25, 0.3) is 0 Å². The molecule has 0 spiro atoms. The van der Waals surface area contributed by atoms with Gasteiger partial charge in [0.2, 0.25) is 0 Å². The summed E-state index contributed by atoms with van der Waals surface area (Å²) in [5, 5.41) is 4.94. The van der Waals surface area contributed by atoms with Crippen LogP contribution in [-0.2, 0) is 24.0 Å². The molecule has 142 valence electrons. The zero-order chi connectivity index (χ0) is 19.4. The summed E-state index contributed by atoms with van der Waals surface area (Å²) in [4.78, 5) is 0.549. The third-order valence-corrected chi connectivity index (χ3v) is 5.94. The van der Waals surface area contributed by atoms with Crippen molar-refractivity contribution in [2.75, 3.05) is 20.6 Å². The molecule has 9 heteroatoms. The normalized spacial score (nSPS) is 13.5. The highest BCUT2D eigenvalue weighted by atomic mass is 35.5. The molecule has 1 aromatic carbocycles. The Labute approximate surface area is 165 Å². The van der Waals surface area contributed by atoms with E-state index in [4.69, 9.17) is 28.9 Å². The highest BCUT2D eigenvalue weighted by Crippen LogP contribution is 2.27. The Kier molecular flexibility index (Phi) is 7.37.